The summed E-state index contributed by atoms with van der Waals surface area (Å²) in [6.07, 6.45) is 4.06. The van der Waals surface area contributed by atoms with Crippen molar-refractivity contribution in [1.29, 1.82) is 0 Å². The van der Waals surface area contributed by atoms with Gasteiger partial charge in [-0.25, -0.2) is 0 Å². The van der Waals surface area contributed by atoms with E-state index >= 15 is 0 Å². The molecule has 6 N–H and O–H groups in total. The SMILES string of the molecule is CN(C)[C@@H](CC(=O)NC1CCC2SSC2CC(N)C1)C(=O)NCCN. The van der Waals surface area contributed by atoms with Crippen LogP contribution in [0, 0.1) is 0 Å². The summed E-state index contributed by atoms with van der Waals surface area (Å²) in [5, 5.41) is 7.22. The smallest absolute Gasteiger partial charge is 0.237 e. The fraction of sp³-hybridized carbons (Fsp3) is 0.875. The molecule has 2 amide bonds. The number of nitrogens with two attached hydrogens (primary N) is 2. The Labute approximate surface area is 158 Å². The molecule has 2 aliphatic rings. The van der Waals surface area contributed by atoms with Gasteiger partial charge >= 0.3 is 0 Å². The van der Waals surface area contributed by atoms with Crippen LogP contribution in [-0.2, 0) is 9.59 Å². The Bertz CT molecular complexity index is 466. The highest BCUT2D eigenvalue weighted by atomic mass is 33.1. The molecule has 0 aromatic rings. The van der Waals surface area contributed by atoms with Gasteiger partial charge in [0.05, 0.1) is 12.5 Å². The topological polar surface area (TPSA) is 113 Å². The van der Waals surface area contributed by atoms with Crippen LogP contribution in [0.25, 0.3) is 0 Å². The van der Waals surface area contributed by atoms with Crippen molar-refractivity contribution >= 4 is 33.4 Å². The van der Waals surface area contributed by atoms with Gasteiger partial charge in [-0.3, -0.25) is 14.5 Å². The molecule has 4 unspecified atom stereocenters. The number of nitrogens with one attached hydrogen (secondary N) is 2. The summed E-state index contributed by atoms with van der Waals surface area (Å²) >= 11 is 0. The fourth-order valence-corrected chi connectivity index (χ4v) is 6.33. The van der Waals surface area contributed by atoms with Crippen molar-refractivity contribution in [2.24, 2.45) is 11.5 Å². The summed E-state index contributed by atoms with van der Waals surface area (Å²) in [5.74, 6) is -0.253. The standard InChI is InChI=1S/C16H31N5O2S2/c1-21(2)12(16(23)19-6-5-17)9-15(22)20-11-3-4-13-14(25-24-13)8-10(18)7-11/h10-14H,3-9,17-18H2,1-2H3,(H,19,23)(H,20,22)/t10?,11?,12-,13?,14?/m0/s1. The summed E-state index contributed by atoms with van der Waals surface area (Å²) < 4.78 is 0. The zero-order chi connectivity index (χ0) is 18.4. The first-order valence-corrected chi connectivity index (χ1v) is 11.2. The lowest BCUT2D eigenvalue weighted by Crippen LogP contribution is -2.49. The van der Waals surface area contributed by atoms with E-state index < -0.39 is 6.04 Å². The summed E-state index contributed by atoms with van der Waals surface area (Å²) in [7, 11) is 7.49. The van der Waals surface area contributed by atoms with Crippen LogP contribution in [0.1, 0.15) is 32.1 Å². The molecular formula is C16H31N5O2S2. The largest absolute Gasteiger partial charge is 0.353 e. The third-order valence-electron chi connectivity index (χ3n) is 4.75. The number of likely N-dealkylation sites (N-methyl/N-ethyl adjacent to an activating group) is 1. The van der Waals surface area contributed by atoms with Crippen molar-refractivity contribution in [3.63, 3.8) is 0 Å². The molecule has 1 heterocycles. The van der Waals surface area contributed by atoms with Crippen LogP contribution in [0.4, 0.5) is 0 Å². The van der Waals surface area contributed by atoms with Gasteiger partial charge < -0.3 is 22.1 Å². The Balaban J connectivity index is 1.85. The van der Waals surface area contributed by atoms with E-state index in [0.717, 1.165) is 25.7 Å². The molecule has 1 saturated carbocycles. The number of nitrogens with zero attached hydrogens (tertiary/aromatic N) is 1. The van der Waals surface area contributed by atoms with Gasteiger partial charge in [0.15, 0.2) is 0 Å². The zero-order valence-corrected chi connectivity index (χ0v) is 16.7. The summed E-state index contributed by atoms with van der Waals surface area (Å²) in [6, 6.07) is -0.259. The molecule has 9 heteroatoms. The maximum absolute atomic E-state index is 12.5. The lowest BCUT2D eigenvalue weighted by molar-refractivity contribution is -0.131. The molecule has 144 valence electrons. The molecule has 7 nitrogen and oxygen atoms in total. The van der Waals surface area contributed by atoms with Crippen LogP contribution in [0.2, 0.25) is 0 Å². The number of carbonyl (C=O) groups excluding carboxylic acids is 2. The molecule has 1 aliphatic carbocycles. The third-order valence-corrected chi connectivity index (χ3v) is 8.43. The van der Waals surface area contributed by atoms with E-state index in [1.807, 2.05) is 21.6 Å². The van der Waals surface area contributed by atoms with E-state index in [2.05, 4.69) is 10.6 Å². The van der Waals surface area contributed by atoms with E-state index in [1.54, 1.807) is 19.0 Å². The number of carbonyl (C=O) groups is 2. The van der Waals surface area contributed by atoms with Gasteiger partial charge in [0.2, 0.25) is 11.8 Å². The van der Waals surface area contributed by atoms with Crippen LogP contribution >= 0.6 is 21.6 Å². The van der Waals surface area contributed by atoms with Gasteiger partial charge in [-0.1, -0.05) is 21.6 Å². The van der Waals surface area contributed by atoms with E-state index in [0.29, 0.717) is 23.6 Å². The first-order chi connectivity index (χ1) is 11.9. The van der Waals surface area contributed by atoms with Gasteiger partial charge in [0.1, 0.15) is 0 Å². The zero-order valence-electron chi connectivity index (χ0n) is 15.1. The Kier molecular flexibility index (Phi) is 8.34. The number of amides is 2. The molecule has 0 bridgehead atoms. The van der Waals surface area contributed by atoms with Crippen LogP contribution < -0.4 is 22.1 Å². The monoisotopic (exact) mass is 389 g/mol. The van der Waals surface area contributed by atoms with Crippen LogP contribution in [-0.4, -0.2) is 72.5 Å². The second kappa shape index (κ2) is 10.0. The average molecular weight is 390 g/mol. The first-order valence-electron chi connectivity index (χ1n) is 8.92. The van der Waals surface area contributed by atoms with Gasteiger partial charge in [0, 0.05) is 35.7 Å². The highest BCUT2D eigenvalue weighted by Crippen LogP contribution is 2.52. The van der Waals surface area contributed by atoms with Gasteiger partial charge in [-0.2, -0.15) is 0 Å². The van der Waals surface area contributed by atoms with Crippen LogP contribution in [0.3, 0.4) is 0 Å². The minimum atomic E-state index is -0.489. The number of rotatable bonds is 7. The minimum absolute atomic E-state index is 0.0911. The second-order valence-corrected chi connectivity index (χ2v) is 9.86. The molecule has 2 rings (SSSR count). The predicted molar refractivity (Wildman–Crippen MR) is 105 cm³/mol. The summed E-state index contributed by atoms with van der Waals surface area (Å²) in [5.41, 5.74) is 11.7. The summed E-state index contributed by atoms with van der Waals surface area (Å²) in [4.78, 5) is 26.4. The summed E-state index contributed by atoms with van der Waals surface area (Å²) in [6.45, 7) is 0.803. The maximum Gasteiger partial charge on any atom is 0.237 e. The highest BCUT2D eigenvalue weighted by Gasteiger charge is 2.37. The maximum atomic E-state index is 12.5. The van der Waals surface area contributed by atoms with E-state index in [1.165, 1.54) is 0 Å². The Hall–Kier alpha value is -0.480. The second-order valence-electron chi connectivity index (χ2n) is 7.11. The van der Waals surface area contributed by atoms with E-state index in [9.17, 15) is 9.59 Å². The van der Waals surface area contributed by atoms with Crippen molar-refractivity contribution in [2.75, 3.05) is 27.2 Å². The molecule has 2 fully saturated rings. The van der Waals surface area contributed by atoms with Gasteiger partial charge in [0.25, 0.3) is 0 Å². The number of hydrogen-bond acceptors (Lipinski definition) is 7. The first kappa shape index (κ1) is 20.8. The number of hydrogen-bond donors (Lipinski definition) is 4. The van der Waals surface area contributed by atoms with E-state index in [-0.39, 0.29) is 30.3 Å². The normalized spacial score (nSPS) is 30.4. The number of fused-ring (bicyclic) bond motifs is 1. The van der Waals surface area contributed by atoms with Gasteiger partial charge in [-0.05, 0) is 39.8 Å². The van der Waals surface area contributed by atoms with Crippen molar-refractivity contribution in [3.05, 3.63) is 0 Å². The van der Waals surface area contributed by atoms with Crippen LogP contribution in [0.5, 0.6) is 0 Å². The molecule has 1 saturated heterocycles. The van der Waals surface area contributed by atoms with Crippen molar-refractivity contribution in [1.82, 2.24) is 15.5 Å². The molecular weight excluding hydrogens is 358 g/mol. The lowest BCUT2D eigenvalue weighted by atomic mass is 9.92. The Morgan fingerprint density at radius 3 is 2.52 bits per heavy atom. The Morgan fingerprint density at radius 2 is 1.92 bits per heavy atom. The van der Waals surface area contributed by atoms with Crippen molar-refractivity contribution in [3.8, 4) is 0 Å². The molecule has 0 aromatic heterocycles. The molecule has 0 spiro atoms. The van der Waals surface area contributed by atoms with E-state index in [4.69, 9.17) is 11.5 Å². The molecule has 5 atom stereocenters. The van der Waals surface area contributed by atoms with Crippen LogP contribution in [0.15, 0.2) is 0 Å². The highest BCUT2D eigenvalue weighted by molar-refractivity contribution is 8.80. The Morgan fingerprint density at radius 1 is 1.20 bits per heavy atom. The van der Waals surface area contributed by atoms with Crippen molar-refractivity contribution in [2.45, 2.75) is 60.7 Å². The predicted octanol–water partition coefficient (Wildman–Crippen LogP) is -0.100. The average Bonchev–Trinajstić information content (AvgIpc) is 2.53. The third kappa shape index (κ3) is 6.32. The fourth-order valence-electron chi connectivity index (χ4n) is 3.30. The quantitative estimate of drug-likeness (QED) is 0.450. The van der Waals surface area contributed by atoms with Crippen molar-refractivity contribution < 1.29 is 9.59 Å². The molecule has 25 heavy (non-hydrogen) atoms. The molecule has 0 radical (unpaired) electrons. The molecule has 1 aliphatic heterocycles. The minimum Gasteiger partial charge on any atom is -0.353 e. The molecule has 0 aromatic carbocycles. The lowest BCUT2D eigenvalue weighted by Gasteiger charge is -2.40. The van der Waals surface area contributed by atoms with Gasteiger partial charge in [-0.15, -0.1) is 0 Å².